The zero-order valence-electron chi connectivity index (χ0n) is 13.1. The average molecular weight is 291 g/mol. The minimum Gasteiger partial charge on any atom is -0.316 e. The number of hydrogen-bond acceptors (Lipinski definition) is 4. The fourth-order valence-electron chi connectivity index (χ4n) is 3.03. The molecule has 2 rings (SSSR count). The Bertz CT molecular complexity index is 502. The number of benzene rings is 1. The van der Waals surface area contributed by atoms with E-state index < -0.39 is 0 Å². The summed E-state index contributed by atoms with van der Waals surface area (Å²) in [6.07, 6.45) is 2.39. The van der Waals surface area contributed by atoms with E-state index in [2.05, 4.69) is 10.2 Å². The third-order valence-electron chi connectivity index (χ3n) is 4.23. The Balaban J connectivity index is 2.13. The molecular formula is C16H25N3O2. The highest BCUT2D eigenvalue weighted by atomic mass is 16.6. The third-order valence-corrected chi connectivity index (χ3v) is 4.23. The van der Waals surface area contributed by atoms with Crippen LogP contribution in [-0.2, 0) is 6.54 Å². The lowest BCUT2D eigenvalue weighted by molar-refractivity contribution is -0.385. The second-order valence-electron chi connectivity index (χ2n) is 6.17. The van der Waals surface area contributed by atoms with Gasteiger partial charge in [-0.2, -0.15) is 0 Å². The van der Waals surface area contributed by atoms with E-state index in [9.17, 15) is 10.1 Å². The monoisotopic (exact) mass is 291 g/mol. The van der Waals surface area contributed by atoms with E-state index in [0.29, 0.717) is 6.04 Å². The van der Waals surface area contributed by atoms with Gasteiger partial charge in [0.2, 0.25) is 0 Å². The van der Waals surface area contributed by atoms with Crippen LogP contribution in [0.3, 0.4) is 0 Å². The lowest BCUT2D eigenvalue weighted by Gasteiger charge is -2.32. The van der Waals surface area contributed by atoms with Crippen LogP contribution in [0.25, 0.3) is 0 Å². The largest absolute Gasteiger partial charge is 0.316 e. The third kappa shape index (κ3) is 4.02. The van der Waals surface area contributed by atoms with Crippen molar-refractivity contribution in [3.63, 3.8) is 0 Å². The van der Waals surface area contributed by atoms with Gasteiger partial charge in [-0.15, -0.1) is 0 Å². The fourth-order valence-corrected chi connectivity index (χ4v) is 3.03. The van der Waals surface area contributed by atoms with Gasteiger partial charge in [-0.1, -0.05) is 26.0 Å². The molecule has 5 heteroatoms. The van der Waals surface area contributed by atoms with Gasteiger partial charge in [-0.05, 0) is 37.9 Å². The molecule has 1 saturated heterocycles. The van der Waals surface area contributed by atoms with Crippen molar-refractivity contribution in [1.29, 1.82) is 0 Å². The zero-order chi connectivity index (χ0) is 15.4. The van der Waals surface area contributed by atoms with Crippen molar-refractivity contribution in [1.82, 2.24) is 10.2 Å². The van der Waals surface area contributed by atoms with Crippen molar-refractivity contribution in [2.24, 2.45) is 0 Å². The van der Waals surface area contributed by atoms with E-state index in [0.717, 1.165) is 30.8 Å². The summed E-state index contributed by atoms with van der Waals surface area (Å²) in [5, 5.41) is 14.6. The van der Waals surface area contributed by atoms with Crippen molar-refractivity contribution in [2.45, 2.75) is 45.2 Å². The highest BCUT2D eigenvalue weighted by molar-refractivity contribution is 5.45. The molecule has 1 aliphatic heterocycles. The van der Waals surface area contributed by atoms with Gasteiger partial charge in [0.15, 0.2) is 0 Å². The van der Waals surface area contributed by atoms with Gasteiger partial charge in [0.25, 0.3) is 5.69 Å². The number of nitro benzene ring substituents is 1. The van der Waals surface area contributed by atoms with Gasteiger partial charge in [-0.3, -0.25) is 15.0 Å². The molecule has 0 aromatic heterocycles. The molecule has 1 aromatic rings. The summed E-state index contributed by atoms with van der Waals surface area (Å²) >= 11 is 0. The Hall–Kier alpha value is -1.46. The molecule has 0 aliphatic carbocycles. The van der Waals surface area contributed by atoms with E-state index >= 15 is 0 Å². The standard InChI is InChI=1S/C16H25N3O2/c1-12(2)15-7-6-13(9-16(15)19(20)21)10-18-8-4-5-14(11-18)17-3/h6-7,9,12,14,17H,4-5,8,10-11H2,1-3H3. The number of likely N-dealkylation sites (tertiary alicyclic amines) is 1. The Labute approximate surface area is 126 Å². The normalized spacial score (nSPS) is 19.9. The Morgan fingerprint density at radius 3 is 2.86 bits per heavy atom. The molecule has 1 aliphatic rings. The molecule has 21 heavy (non-hydrogen) atoms. The van der Waals surface area contributed by atoms with Crippen LogP contribution in [0.4, 0.5) is 5.69 Å². The maximum absolute atomic E-state index is 11.3. The van der Waals surface area contributed by atoms with Crippen LogP contribution in [-0.4, -0.2) is 36.0 Å². The number of likely N-dealkylation sites (N-methyl/N-ethyl adjacent to an activating group) is 1. The quantitative estimate of drug-likeness (QED) is 0.669. The summed E-state index contributed by atoms with van der Waals surface area (Å²) in [5.74, 6) is 0.170. The molecule has 1 atom stereocenters. The van der Waals surface area contributed by atoms with E-state index in [-0.39, 0.29) is 16.5 Å². The molecule has 116 valence electrons. The van der Waals surface area contributed by atoms with E-state index in [4.69, 9.17) is 0 Å². The number of nitro groups is 1. The first-order valence-electron chi connectivity index (χ1n) is 7.68. The van der Waals surface area contributed by atoms with E-state index in [1.54, 1.807) is 6.07 Å². The molecule has 0 saturated carbocycles. The van der Waals surface area contributed by atoms with Crippen molar-refractivity contribution in [3.8, 4) is 0 Å². The first-order valence-corrected chi connectivity index (χ1v) is 7.68. The van der Waals surface area contributed by atoms with Crippen molar-refractivity contribution in [3.05, 3.63) is 39.4 Å². The molecule has 1 fully saturated rings. The van der Waals surface area contributed by atoms with Crippen LogP contribution >= 0.6 is 0 Å². The number of hydrogen-bond donors (Lipinski definition) is 1. The second kappa shape index (κ2) is 7.00. The van der Waals surface area contributed by atoms with Crippen LogP contribution in [0.1, 0.15) is 43.7 Å². The molecule has 1 N–H and O–H groups in total. The summed E-state index contributed by atoms with van der Waals surface area (Å²) < 4.78 is 0. The van der Waals surface area contributed by atoms with Crippen molar-refractivity contribution in [2.75, 3.05) is 20.1 Å². The number of nitrogens with one attached hydrogen (secondary N) is 1. The maximum atomic E-state index is 11.3. The van der Waals surface area contributed by atoms with Gasteiger partial charge in [0, 0.05) is 30.8 Å². The summed E-state index contributed by atoms with van der Waals surface area (Å²) in [7, 11) is 2.00. The number of nitrogens with zero attached hydrogens (tertiary/aromatic N) is 2. The number of rotatable bonds is 5. The van der Waals surface area contributed by atoms with Crippen LogP contribution < -0.4 is 5.32 Å². The topological polar surface area (TPSA) is 58.4 Å². The highest BCUT2D eigenvalue weighted by Gasteiger charge is 2.21. The van der Waals surface area contributed by atoms with Gasteiger partial charge >= 0.3 is 0 Å². The minimum absolute atomic E-state index is 0.170. The SMILES string of the molecule is CNC1CCCN(Cc2ccc(C(C)C)c([N+](=O)[O-])c2)C1. The Morgan fingerprint density at radius 1 is 1.48 bits per heavy atom. The molecule has 1 unspecified atom stereocenters. The lowest BCUT2D eigenvalue weighted by Crippen LogP contribution is -2.43. The zero-order valence-corrected chi connectivity index (χ0v) is 13.1. The molecule has 1 aromatic carbocycles. The molecule has 0 spiro atoms. The van der Waals surface area contributed by atoms with Gasteiger partial charge in [0.05, 0.1) is 4.92 Å². The fraction of sp³-hybridized carbons (Fsp3) is 0.625. The van der Waals surface area contributed by atoms with Gasteiger partial charge in [0.1, 0.15) is 0 Å². The van der Waals surface area contributed by atoms with Crippen molar-refractivity contribution < 1.29 is 4.92 Å². The van der Waals surface area contributed by atoms with Crippen LogP contribution in [0, 0.1) is 10.1 Å². The van der Waals surface area contributed by atoms with Crippen molar-refractivity contribution >= 4 is 5.69 Å². The first-order chi connectivity index (χ1) is 10.0. The molecule has 1 heterocycles. The Kier molecular flexibility index (Phi) is 5.31. The maximum Gasteiger partial charge on any atom is 0.273 e. The smallest absolute Gasteiger partial charge is 0.273 e. The molecule has 0 radical (unpaired) electrons. The minimum atomic E-state index is -0.258. The van der Waals surface area contributed by atoms with E-state index in [1.165, 1.54) is 12.8 Å². The summed E-state index contributed by atoms with van der Waals surface area (Å²) in [5.41, 5.74) is 2.10. The van der Waals surface area contributed by atoms with Crippen LogP contribution in [0.15, 0.2) is 18.2 Å². The number of piperidine rings is 1. The molecule has 0 amide bonds. The lowest BCUT2D eigenvalue weighted by atomic mass is 9.98. The Morgan fingerprint density at radius 2 is 2.24 bits per heavy atom. The predicted octanol–water partition coefficient (Wildman–Crippen LogP) is 2.90. The van der Waals surface area contributed by atoms with Crippen LogP contribution in [0.2, 0.25) is 0 Å². The second-order valence-corrected chi connectivity index (χ2v) is 6.17. The summed E-state index contributed by atoms with van der Waals surface area (Å²) in [6.45, 7) is 6.85. The highest BCUT2D eigenvalue weighted by Crippen LogP contribution is 2.28. The van der Waals surface area contributed by atoms with Gasteiger partial charge in [-0.25, -0.2) is 0 Å². The molecular weight excluding hydrogens is 266 g/mol. The van der Waals surface area contributed by atoms with Gasteiger partial charge < -0.3 is 5.32 Å². The first kappa shape index (κ1) is 15.9. The molecule has 0 bridgehead atoms. The van der Waals surface area contributed by atoms with E-state index in [1.807, 2.05) is 33.0 Å². The summed E-state index contributed by atoms with van der Waals surface area (Å²) in [6, 6.07) is 6.23. The van der Waals surface area contributed by atoms with Crippen LogP contribution in [0.5, 0.6) is 0 Å². The summed E-state index contributed by atoms with van der Waals surface area (Å²) in [4.78, 5) is 13.4. The predicted molar refractivity (Wildman–Crippen MR) is 84.5 cm³/mol. The average Bonchev–Trinajstić information content (AvgIpc) is 2.47. The molecule has 5 nitrogen and oxygen atoms in total.